The van der Waals surface area contributed by atoms with Crippen molar-refractivity contribution in [2.45, 2.75) is 32.6 Å². The third kappa shape index (κ3) is 3.61. The highest BCUT2D eigenvalue weighted by atomic mass is 16.2. The van der Waals surface area contributed by atoms with E-state index in [1.165, 1.54) is 5.56 Å². The van der Waals surface area contributed by atoms with E-state index in [2.05, 4.69) is 13.0 Å². The minimum Gasteiger partial charge on any atom is -0.339 e. The molecule has 2 aromatic carbocycles. The van der Waals surface area contributed by atoms with Crippen molar-refractivity contribution in [3.05, 3.63) is 65.2 Å². The van der Waals surface area contributed by atoms with E-state index in [9.17, 15) is 9.59 Å². The number of piperidine rings is 1. The summed E-state index contributed by atoms with van der Waals surface area (Å²) in [4.78, 5) is 29.8. The Labute approximate surface area is 160 Å². The van der Waals surface area contributed by atoms with Crippen LogP contribution in [0, 0.1) is 5.92 Å². The molecule has 27 heavy (non-hydrogen) atoms. The fraction of sp³-hybridized carbons (Fsp3) is 0.391. The van der Waals surface area contributed by atoms with Crippen LogP contribution in [-0.2, 0) is 6.42 Å². The number of benzene rings is 2. The van der Waals surface area contributed by atoms with Crippen LogP contribution >= 0.6 is 0 Å². The number of para-hydroxylation sites is 1. The highest BCUT2D eigenvalue weighted by Gasteiger charge is 2.25. The van der Waals surface area contributed by atoms with Crippen LogP contribution in [0.15, 0.2) is 48.5 Å². The number of likely N-dealkylation sites (tertiary alicyclic amines) is 1. The molecule has 0 bridgehead atoms. The van der Waals surface area contributed by atoms with Gasteiger partial charge in [-0.05, 0) is 61.4 Å². The summed E-state index contributed by atoms with van der Waals surface area (Å²) in [6.07, 6.45) is 4.07. The predicted molar refractivity (Wildman–Crippen MR) is 107 cm³/mol. The molecule has 2 heterocycles. The maximum absolute atomic E-state index is 13.2. The van der Waals surface area contributed by atoms with Crippen molar-refractivity contribution in [1.82, 2.24) is 4.90 Å². The average molecular weight is 362 g/mol. The van der Waals surface area contributed by atoms with Crippen molar-refractivity contribution in [2.24, 2.45) is 5.92 Å². The van der Waals surface area contributed by atoms with Crippen LogP contribution in [0.4, 0.5) is 5.69 Å². The minimum absolute atomic E-state index is 0.0240. The Morgan fingerprint density at radius 3 is 2.37 bits per heavy atom. The standard InChI is InChI=1S/C23H26N2O2/c1-17-11-14-24(15-12-17)22(26)19-7-4-8-20(16-19)23(27)25-13-5-9-18-6-2-3-10-21(18)25/h2-4,6-8,10,16-17H,5,9,11-15H2,1H3. The number of hydrogen-bond donors (Lipinski definition) is 0. The second-order valence-electron chi connectivity index (χ2n) is 7.74. The second-order valence-corrected chi connectivity index (χ2v) is 7.74. The van der Waals surface area contributed by atoms with Gasteiger partial charge in [0.2, 0.25) is 0 Å². The van der Waals surface area contributed by atoms with Crippen molar-refractivity contribution >= 4 is 17.5 Å². The quantitative estimate of drug-likeness (QED) is 0.805. The largest absolute Gasteiger partial charge is 0.339 e. The van der Waals surface area contributed by atoms with E-state index in [0.717, 1.165) is 51.0 Å². The summed E-state index contributed by atoms with van der Waals surface area (Å²) in [5, 5.41) is 0. The van der Waals surface area contributed by atoms with E-state index in [0.29, 0.717) is 17.0 Å². The number of aryl methyl sites for hydroxylation is 1. The smallest absolute Gasteiger partial charge is 0.258 e. The summed E-state index contributed by atoms with van der Waals surface area (Å²) in [6, 6.07) is 15.3. The van der Waals surface area contributed by atoms with Gasteiger partial charge in [0.05, 0.1) is 0 Å². The molecule has 0 unspecified atom stereocenters. The van der Waals surface area contributed by atoms with Crippen molar-refractivity contribution in [1.29, 1.82) is 0 Å². The number of nitrogens with zero attached hydrogens (tertiary/aromatic N) is 2. The van der Waals surface area contributed by atoms with Crippen LogP contribution in [0.3, 0.4) is 0 Å². The Morgan fingerprint density at radius 2 is 1.59 bits per heavy atom. The van der Waals surface area contributed by atoms with Crippen molar-refractivity contribution in [3.8, 4) is 0 Å². The van der Waals surface area contributed by atoms with Gasteiger partial charge in [-0.25, -0.2) is 0 Å². The van der Waals surface area contributed by atoms with E-state index in [-0.39, 0.29) is 11.8 Å². The highest BCUT2D eigenvalue weighted by molar-refractivity contribution is 6.08. The van der Waals surface area contributed by atoms with E-state index < -0.39 is 0 Å². The first-order valence-corrected chi connectivity index (χ1v) is 9.92. The number of amides is 2. The number of rotatable bonds is 2. The Hall–Kier alpha value is -2.62. The molecule has 0 atom stereocenters. The highest BCUT2D eigenvalue weighted by Crippen LogP contribution is 2.28. The molecule has 0 N–H and O–H groups in total. The number of fused-ring (bicyclic) bond motifs is 1. The Bertz CT molecular complexity index is 853. The normalized spacial score (nSPS) is 17.5. The van der Waals surface area contributed by atoms with Crippen LogP contribution in [0.1, 0.15) is 52.5 Å². The van der Waals surface area contributed by atoms with E-state index in [1.807, 2.05) is 46.2 Å². The van der Waals surface area contributed by atoms with Crippen LogP contribution < -0.4 is 4.90 Å². The van der Waals surface area contributed by atoms with Gasteiger partial charge in [0.25, 0.3) is 11.8 Å². The zero-order valence-corrected chi connectivity index (χ0v) is 15.9. The third-order valence-electron chi connectivity index (χ3n) is 5.78. The molecule has 140 valence electrons. The van der Waals surface area contributed by atoms with Gasteiger partial charge >= 0.3 is 0 Å². The maximum atomic E-state index is 13.2. The summed E-state index contributed by atoms with van der Waals surface area (Å²) in [5.74, 6) is 0.695. The summed E-state index contributed by atoms with van der Waals surface area (Å²) < 4.78 is 0. The van der Waals surface area contributed by atoms with Gasteiger partial charge in [-0.15, -0.1) is 0 Å². The fourth-order valence-electron chi connectivity index (χ4n) is 4.08. The number of anilines is 1. The van der Waals surface area contributed by atoms with Crippen molar-refractivity contribution < 1.29 is 9.59 Å². The van der Waals surface area contributed by atoms with Crippen LogP contribution in [0.5, 0.6) is 0 Å². The van der Waals surface area contributed by atoms with Gasteiger partial charge in [-0.3, -0.25) is 9.59 Å². The second kappa shape index (κ2) is 7.55. The summed E-state index contributed by atoms with van der Waals surface area (Å²) in [7, 11) is 0. The number of hydrogen-bond acceptors (Lipinski definition) is 2. The molecule has 4 heteroatoms. The minimum atomic E-state index is -0.0240. The monoisotopic (exact) mass is 362 g/mol. The molecule has 2 amide bonds. The number of carbonyl (C=O) groups excluding carboxylic acids is 2. The van der Waals surface area contributed by atoms with Crippen LogP contribution in [0.2, 0.25) is 0 Å². The lowest BCUT2D eigenvalue weighted by Gasteiger charge is -2.31. The Kier molecular flexibility index (Phi) is 4.97. The summed E-state index contributed by atoms with van der Waals surface area (Å²) in [6.45, 7) is 4.56. The van der Waals surface area contributed by atoms with Gasteiger partial charge in [0.15, 0.2) is 0 Å². The Balaban J connectivity index is 1.56. The molecule has 0 spiro atoms. The molecule has 2 aromatic rings. The molecule has 1 fully saturated rings. The first-order chi connectivity index (χ1) is 13.1. The third-order valence-corrected chi connectivity index (χ3v) is 5.78. The van der Waals surface area contributed by atoms with Gasteiger partial charge in [-0.1, -0.05) is 31.2 Å². The summed E-state index contributed by atoms with van der Waals surface area (Å²) in [5.41, 5.74) is 3.41. The lowest BCUT2D eigenvalue weighted by molar-refractivity contribution is 0.0697. The molecule has 0 aliphatic carbocycles. The van der Waals surface area contributed by atoms with Gasteiger partial charge in [-0.2, -0.15) is 0 Å². The topological polar surface area (TPSA) is 40.6 Å². The molecular weight excluding hydrogens is 336 g/mol. The van der Waals surface area contributed by atoms with Crippen LogP contribution in [0.25, 0.3) is 0 Å². The molecule has 2 aliphatic rings. The fourth-order valence-corrected chi connectivity index (χ4v) is 4.08. The van der Waals surface area contributed by atoms with E-state index in [1.54, 1.807) is 6.07 Å². The first-order valence-electron chi connectivity index (χ1n) is 9.92. The molecule has 2 aliphatic heterocycles. The molecule has 0 aromatic heterocycles. The summed E-state index contributed by atoms with van der Waals surface area (Å²) >= 11 is 0. The molecule has 1 saturated heterocycles. The zero-order valence-electron chi connectivity index (χ0n) is 15.9. The lowest BCUT2D eigenvalue weighted by Crippen LogP contribution is -2.38. The molecule has 0 radical (unpaired) electrons. The Morgan fingerprint density at radius 1 is 0.889 bits per heavy atom. The molecule has 4 rings (SSSR count). The average Bonchev–Trinajstić information content (AvgIpc) is 2.73. The first kappa shape index (κ1) is 17.8. The lowest BCUT2D eigenvalue weighted by atomic mass is 9.98. The van der Waals surface area contributed by atoms with Crippen molar-refractivity contribution in [3.63, 3.8) is 0 Å². The molecular formula is C23H26N2O2. The van der Waals surface area contributed by atoms with E-state index in [4.69, 9.17) is 0 Å². The van der Waals surface area contributed by atoms with Gasteiger partial charge in [0, 0.05) is 36.4 Å². The van der Waals surface area contributed by atoms with Crippen molar-refractivity contribution in [2.75, 3.05) is 24.5 Å². The molecule has 0 saturated carbocycles. The number of carbonyl (C=O) groups is 2. The molecule has 4 nitrogen and oxygen atoms in total. The van der Waals surface area contributed by atoms with E-state index >= 15 is 0 Å². The predicted octanol–water partition coefficient (Wildman–Crippen LogP) is 4.15. The zero-order chi connectivity index (χ0) is 18.8. The SMILES string of the molecule is CC1CCN(C(=O)c2cccc(C(=O)N3CCCc4ccccc43)c2)CC1. The van der Waals surface area contributed by atoms with Crippen LogP contribution in [-0.4, -0.2) is 36.3 Å². The van der Waals surface area contributed by atoms with Gasteiger partial charge < -0.3 is 9.80 Å². The maximum Gasteiger partial charge on any atom is 0.258 e. The van der Waals surface area contributed by atoms with Gasteiger partial charge in [0.1, 0.15) is 0 Å².